The van der Waals surface area contributed by atoms with Gasteiger partial charge in [-0.05, 0) is 55.7 Å². The first-order chi connectivity index (χ1) is 15.7. The Morgan fingerprint density at radius 2 is 2.00 bits per heavy atom. The number of carbonyl (C=O) groups is 2. The molecule has 0 spiro atoms. The molecule has 0 atom stereocenters. The first kappa shape index (κ1) is 25.1. The number of fused-ring (bicyclic) bond motifs is 1. The van der Waals surface area contributed by atoms with Gasteiger partial charge >= 0.3 is 11.8 Å². The Kier molecular flexibility index (Phi) is 8.09. The standard InChI is InChI=1S/C22H25BrFN3O5S/c1-2-33(31,32)27-9-3-4-15-5-7-18(13-20(15)27)25-21(29)22(30)26(10-11-28)14-16-12-17(23)6-8-19(16)24/h5-8,12-13,28H,2-4,9-11,14H2,1H3,(H,25,29). The SMILES string of the molecule is CCS(=O)(=O)N1CCCc2ccc(NC(=O)C(=O)N(CCO)Cc3cc(Br)ccc3F)cc21. The molecule has 1 heterocycles. The zero-order chi connectivity index (χ0) is 24.2. The van der Waals surface area contributed by atoms with Gasteiger partial charge in [0.25, 0.3) is 0 Å². The fourth-order valence-electron chi connectivity index (χ4n) is 3.63. The smallest absolute Gasteiger partial charge is 0.313 e. The number of nitrogens with one attached hydrogen (secondary N) is 1. The summed E-state index contributed by atoms with van der Waals surface area (Å²) in [4.78, 5) is 26.5. The molecule has 0 bridgehead atoms. The lowest BCUT2D eigenvalue weighted by Gasteiger charge is -2.30. The zero-order valence-corrected chi connectivity index (χ0v) is 20.5. The van der Waals surface area contributed by atoms with Crippen molar-refractivity contribution >= 4 is 49.1 Å². The van der Waals surface area contributed by atoms with Crippen molar-refractivity contribution in [2.75, 3.05) is 35.1 Å². The van der Waals surface area contributed by atoms with Crippen LogP contribution in [0.5, 0.6) is 0 Å². The molecule has 33 heavy (non-hydrogen) atoms. The van der Waals surface area contributed by atoms with Crippen LogP contribution in [0.1, 0.15) is 24.5 Å². The third kappa shape index (κ3) is 5.90. The topological polar surface area (TPSA) is 107 Å². The van der Waals surface area contributed by atoms with E-state index < -0.39 is 34.3 Å². The molecule has 0 unspecified atom stereocenters. The van der Waals surface area contributed by atoms with E-state index in [0.717, 1.165) is 10.5 Å². The van der Waals surface area contributed by atoms with Gasteiger partial charge in [-0.25, -0.2) is 12.8 Å². The van der Waals surface area contributed by atoms with E-state index in [-0.39, 0.29) is 30.1 Å². The number of aryl methyl sites for hydroxylation is 1. The summed E-state index contributed by atoms with van der Waals surface area (Å²) in [5.74, 6) is -2.51. The van der Waals surface area contributed by atoms with E-state index in [1.54, 1.807) is 19.1 Å². The maximum Gasteiger partial charge on any atom is 0.313 e. The van der Waals surface area contributed by atoms with E-state index in [4.69, 9.17) is 0 Å². The summed E-state index contributed by atoms with van der Waals surface area (Å²) >= 11 is 3.24. The summed E-state index contributed by atoms with van der Waals surface area (Å²) in [5.41, 5.74) is 1.78. The molecular weight excluding hydrogens is 517 g/mol. The number of aliphatic hydroxyl groups excluding tert-OH is 1. The molecule has 8 nitrogen and oxygen atoms in total. The van der Waals surface area contributed by atoms with Gasteiger partial charge in [-0.2, -0.15) is 0 Å². The van der Waals surface area contributed by atoms with Crippen LogP contribution < -0.4 is 9.62 Å². The lowest BCUT2D eigenvalue weighted by molar-refractivity contribution is -0.143. The average Bonchev–Trinajstić information content (AvgIpc) is 2.80. The Balaban J connectivity index is 1.80. The fraction of sp³-hybridized carbons (Fsp3) is 0.364. The van der Waals surface area contributed by atoms with Crippen LogP contribution in [-0.2, 0) is 32.6 Å². The highest BCUT2D eigenvalue weighted by molar-refractivity contribution is 9.10. The maximum atomic E-state index is 14.1. The lowest BCUT2D eigenvalue weighted by atomic mass is 10.0. The number of carbonyl (C=O) groups excluding carboxylic acids is 2. The van der Waals surface area contributed by atoms with E-state index in [0.29, 0.717) is 29.5 Å². The zero-order valence-electron chi connectivity index (χ0n) is 18.1. The molecule has 0 saturated carbocycles. The van der Waals surface area contributed by atoms with Gasteiger partial charge in [0, 0.05) is 35.4 Å². The summed E-state index contributed by atoms with van der Waals surface area (Å²) in [6.45, 7) is 1.15. The van der Waals surface area contributed by atoms with Crippen LogP contribution in [0.3, 0.4) is 0 Å². The highest BCUT2D eigenvalue weighted by Gasteiger charge is 2.27. The van der Waals surface area contributed by atoms with Crippen molar-refractivity contribution < 1.29 is 27.5 Å². The van der Waals surface area contributed by atoms with Crippen molar-refractivity contribution in [1.82, 2.24) is 4.90 Å². The Morgan fingerprint density at radius 3 is 2.70 bits per heavy atom. The van der Waals surface area contributed by atoms with Gasteiger partial charge in [0.05, 0.1) is 18.0 Å². The second-order valence-corrected chi connectivity index (χ2v) is 10.7. The molecule has 2 N–H and O–H groups in total. The quantitative estimate of drug-likeness (QED) is 0.524. The van der Waals surface area contributed by atoms with Gasteiger partial charge in [0.2, 0.25) is 10.0 Å². The highest BCUT2D eigenvalue weighted by Crippen LogP contribution is 2.32. The molecule has 3 rings (SSSR count). The number of amides is 2. The van der Waals surface area contributed by atoms with E-state index >= 15 is 0 Å². The number of benzene rings is 2. The summed E-state index contributed by atoms with van der Waals surface area (Å²) < 4.78 is 41.0. The molecule has 2 aromatic rings. The first-order valence-electron chi connectivity index (χ1n) is 10.4. The van der Waals surface area contributed by atoms with Crippen LogP contribution in [-0.4, -0.2) is 55.7 Å². The molecule has 0 saturated heterocycles. The summed E-state index contributed by atoms with van der Waals surface area (Å²) in [5, 5.41) is 11.8. The number of halogens is 2. The average molecular weight is 542 g/mol. The second kappa shape index (κ2) is 10.6. The van der Waals surface area contributed by atoms with Crippen molar-refractivity contribution in [3.8, 4) is 0 Å². The molecule has 0 fully saturated rings. The summed E-state index contributed by atoms with van der Waals surface area (Å²) in [6.07, 6.45) is 1.40. The van der Waals surface area contributed by atoms with Crippen molar-refractivity contribution in [1.29, 1.82) is 0 Å². The predicted molar refractivity (Wildman–Crippen MR) is 127 cm³/mol. The van der Waals surface area contributed by atoms with Crippen molar-refractivity contribution in [3.05, 3.63) is 57.8 Å². The number of sulfonamides is 1. The van der Waals surface area contributed by atoms with Crippen LogP contribution >= 0.6 is 15.9 Å². The van der Waals surface area contributed by atoms with E-state index in [9.17, 15) is 27.5 Å². The summed E-state index contributed by atoms with van der Waals surface area (Å²) in [7, 11) is -3.48. The largest absolute Gasteiger partial charge is 0.395 e. The van der Waals surface area contributed by atoms with Crippen LogP contribution in [0, 0.1) is 5.82 Å². The molecule has 0 aliphatic carbocycles. The number of aliphatic hydroxyl groups is 1. The maximum absolute atomic E-state index is 14.1. The molecule has 178 valence electrons. The van der Waals surface area contributed by atoms with E-state index in [1.807, 2.05) is 0 Å². The molecule has 1 aliphatic rings. The number of hydrogen-bond acceptors (Lipinski definition) is 5. The Hall–Kier alpha value is -2.50. The number of nitrogens with zero attached hydrogens (tertiary/aromatic N) is 2. The van der Waals surface area contributed by atoms with Gasteiger partial charge in [-0.15, -0.1) is 0 Å². The molecule has 1 aliphatic heterocycles. The second-order valence-electron chi connectivity index (χ2n) is 7.56. The molecule has 0 radical (unpaired) electrons. The van der Waals surface area contributed by atoms with Gasteiger partial charge in [-0.1, -0.05) is 22.0 Å². The minimum Gasteiger partial charge on any atom is -0.395 e. The van der Waals surface area contributed by atoms with Gasteiger partial charge in [0.15, 0.2) is 0 Å². The third-order valence-electron chi connectivity index (χ3n) is 5.34. The molecule has 2 amide bonds. The van der Waals surface area contributed by atoms with Crippen LogP contribution in [0.2, 0.25) is 0 Å². The molecule has 11 heteroatoms. The van der Waals surface area contributed by atoms with Crippen molar-refractivity contribution in [2.45, 2.75) is 26.3 Å². The third-order valence-corrected chi connectivity index (χ3v) is 7.61. The minimum absolute atomic E-state index is 0.0518. The van der Waals surface area contributed by atoms with Crippen molar-refractivity contribution in [2.24, 2.45) is 0 Å². The molecule has 2 aromatic carbocycles. The Labute approximate surface area is 200 Å². The first-order valence-corrected chi connectivity index (χ1v) is 12.8. The molecule has 0 aromatic heterocycles. The number of hydrogen-bond donors (Lipinski definition) is 2. The molecular formula is C22H25BrFN3O5S. The van der Waals surface area contributed by atoms with Gasteiger partial charge in [-0.3, -0.25) is 13.9 Å². The predicted octanol–water partition coefficient (Wildman–Crippen LogP) is 2.65. The highest BCUT2D eigenvalue weighted by atomic mass is 79.9. The van der Waals surface area contributed by atoms with E-state index in [1.165, 1.54) is 28.6 Å². The Bertz CT molecular complexity index is 1160. The Morgan fingerprint density at radius 1 is 1.24 bits per heavy atom. The summed E-state index contributed by atoms with van der Waals surface area (Å²) in [6, 6.07) is 9.13. The monoisotopic (exact) mass is 541 g/mol. The minimum atomic E-state index is -3.48. The fourth-order valence-corrected chi connectivity index (χ4v) is 5.23. The number of anilines is 2. The van der Waals surface area contributed by atoms with Gasteiger partial charge in [0.1, 0.15) is 5.82 Å². The number of rotatable bonds is 7. The van der Waals surface area contributed by atoms with Crippen LogP contribution in [0.25, 0.3) is 0 Å². The van der Waals surface area contributed by atoms with E-state index in [2.05, 4.69) is 21.2 Å². The van der Waals surface area contributed by atoms with Crippen LogP contribution in [0.4, 0.5) is 15.8 Å². The lowest BCUT2D eigenvalue weighted by Crippen LogP contribution is -2.41. The van der Waals surface area contributed by atoms with Gasteiger partial charge < -0.3 is 15.3 Å². The van der Waals surface area contributed by atoms with Crippen LogP contribution in [0.15, 0.2) is 40.9 Å². The van der Waals surface area contributed by atoms with Crippen molar-refractivity contribution in [3.63, 3.8) is 0 Å². The normalized spacial score (nSPS) is 13.4.